The summed E-state index contributed by atoms with van der Waals surface area (Å²) >= 11 is 5.62. The average molecular weight is 276 g/mol. The van der Waals surface area contributed by atoms with E-state index < -0.39 is 0 Å². The first-order valence-electron chi connectivity index (χ1n) is 7.41. The van der Waals surface area contributed by atoms with E-state index in [4.69, 9.17) is 12.2 Å². The van der Waals surface area contributed by atoms with Gasteiger partial charge >= 0.3 is 0 Å². The van der Waals surface area contributed by atoms with Crippen LogP contribution in [-0.2, 0) is 6.42 Å². The zero-order chi connectivity index (χ0) is 13.7. The van der Waals surface area contributed by atoms with Crippen molar-refractivity contribution in [2.45, 2.75) is 52.0 Å². The lowest BCUT2D eigenvalue weighted by molar-refractivity contribution is 0.239. The van der Waals surface area contributed by atoms with Crippen molar-refractivity contribution in [3.63, 3.8) is 0 Å². The highest BCUT2D eigenvalue weighted by atomic mass is 32.1. The molecule has 0 aliphatic carbocycles. The quantitative estimate of drug-likeness (QED) is 0.833. The number of piperidine rings is 1. The number of nitrogens with one attached hydrogen (secondary N) is 1. The van der Waals surface area contributed by atoms with Gasteiger partial charge in [-0.25, -0.2) is 0 Å². The molecule has 1 aliphatic heterocycles. The van der Waals surface area contributed by atoms with Crippen LogP contribution in [0.15, 0.2) is 24.3 Å². The molecular formula is C16H24N2S. The second kappa shape index (κ2) is 6.90. The highest BCUT2D eigenvalue weighted by Gasteiger charge is 2.23. The molecule has 0 bridgehead atoms. The Bertz CT molecular complexity index is 431. The fourth-order valence-corrected chi connectivity index (χ4v) is 3.18. The Kier molecular flexibility index (Phi) is 5.20. The van der Waals surface area contributed by atoms with E-state index in [2.05, 4.69) is 48.3 Å². The summed E-state index contributed by atoms with van der Waals surface area (Å²) in [6.45, 7) is 5.53. The third kappa shape index (κ3) is 3.47. The Labute approximate surface area is 122 Å². The van der Waals surface area contributed by atoms with Crippen LogP contribution in [0.2, 0.25) is 0 Å². The Morgan fingerprint density at radius 2 is 2.11 bits per heavy atom. The third-order valence-electron chi connectivity index (χ3n) is 4.00. The molecule has 0 spiro atoms. The maximum absolute atomic E-state index is 5.62. The zero-order valence-electron chi connectivity index (χ0n) is 12.0. The summed E-state index contributed by atoms with van der Waals surface area (Å²) in [4.78, 5) is 2.38. The van der Waals surface area contributed by atoms with Gasteiger partial charge in [0.2, 0.25) is 0 Å². The molecule has 19 heavy (non-hydrogen) atoms. The zero-order valence-corrected chi connectivity index (χ0v) is 12.8. The molecule has 1 unspecified atom stereocenters. The van der Waals surface area contributed by atoms with Gasteiger partial charge < -0.3 is 10.2 Å². The van der Waals surface area contributed by atoms with E-state index in [9.17, 15) is 0 Å². The van der Waals surface area contributed by atoms with E-state index in [1.54, 1.807) is 0 Å². The minimum absolute atomic E-state index is 0.613. The van der Waals surface area contributed by atoms with Crippen LogP contribution in [0.25, 0.3) is 0 Å². The fourth-order valence-electron chi connectivity index (χ4n) is 2.83. The molecule has 0 aromatic heterocycles. The Morgan fingerprint density at radius 1 is 1.32 bits per heavy atom. The summed E-state index contributed by atoms with van der Waals surface area (Å²) in [5, 5.41) is 4.35. The van der Waals surface area contributed by atoms with Crippen molar-refractivity contribution in [3.8, 4) is 0 Å². The lowest BCUT2D eigenvalue weighted by Crippen LogP contribution is -2.45. The molecule has 1 N–H and O–H groups in total. The SMILES string of the molecule is CCc1ccccc1NC(=S)N1CCCCC1CC. The molecule has 0 saturated carbocycles. The normalized spacial score (nSPS) is 19.3. The van der Waals surface area contributed by atoms with Crippen LogP contribution >= 0.6 is 12.2 Å². The maximum Gasteiger partial charge on any atom is 0.173 e. The smallest absolute Gasteiger partial charge is 0.173 e. The van der Waals surface area contributed by atoms with Gasteiger partial charge in [0.15, 0.2) is 5.11 Å². The number of anilines is 1. The molecule has 1 aromatic carbocycles. The largest absolute Gasteiger partial charge is 0.346 e. The number of aryl methyl sites for hydroxylation is 1. The average Bonchev–Trinajstić information content (AvgIpc) is 2.47. The van der Waals surface area contributed by atoms with Crippen molar-refractivity contribution in [1.29, 1.82) is 0 Å². The number of para-hydroxylation sites is 1. The third-order valence-corrected chi connectivity index (χ3v) is 4.34. The summed E-state index contributed by atoms with van der Waals surface area (Å²) in [6.07, 6.45) is 6.07. The Hall–Kier alpha value is -1.09. The van der Waals surface area contributed by atoms with Crippen LogP contribution in [-0.4, -0.2) is 22.6 Å². The van der Waals surface area contributed by atoms with Gasteiger partial charge in [-0.1, -0.05) is 32.0 Å². The van der Waals surface area contributed by atoms with Crippen LogP contribution in [0, 0.1) is 0 Å². The van der Waals surface area contributed by atoms with Gasteiger partial charge in [0.05, 0.1) is 0 Å². The fraction of sp³-hybridized carbons (Fsp3) is 0.562. The van der Waals surface area contributed by atoms with Crippen molar-refractivity contribution in [2.24, 2.45) is 0 Å². The first-order valence-corrected chi connectivity index (χ1v) is 7.82. The van der Waals surface area contributed by atoms with E-state index >= 15 is 0 Å². The lowest BCUT2D eigenvalue weighted by atomic mass is 10.0. The number of likely N-dealkylation sites (tertiary alicyclic amines) is 1. The Morgan fingerprint density at radius 3 is 2.84 bits per heavy atom. The summed E-state index contributed by atoms with van der Waals surface area (Å²) < 4.78 is 0. The second-order valence-electron chi connectivity index (χ2n) is 5.19. The van der Waals surface area contributed by atoms with Crippen molar-refractivity contribution in [2.75, 3.05) is 11.9 Å². The van der Waals surface area contributed by atoms with Crippen LogP contribution in [0.1, 0.15) is 45.1 Å². The molecule has 2 rings (SSSR count). The minimum Gasteiger partial charge on any atom is -0.346 e. The summed E-state index contributed by atoms with van der Waals surface area (Å²) in [5.74, 6) is 0. The monoisotopic (exact) mass is 276 g/mol. The van der Waals surface area contributed by atoms with E-state index in [1.165, 1.54) is 31.2 Å². The van der Waals surface area contributed by atoms with Gasteiger partial charge in [0.25, 0.3) is 0 Å². The lowest BCUT2D eigenvalue weighted by Gasteiger charge is -2.37. The van der Waals surface area contributed by atoms with E-state index in [0.717, 1.165) is 23.8 Å². The topological polar surface area (TPSA) is 15.3 Å². The Balaban J connectivity index is 2.07. The minimum atomic E-state index is 0.613. The number of benzene rings is 1. The van der Waals surface area contributed by atoms with Gasteiger partial charge in [-0.2, -0.15) is 0 Å². The van der Waals surface area contributed by atoms with Gasteiger partial charge in [-0.05, 0) is 56.0 Å². The van der Waals surface area contributed by atoms with Gasteiger partial charge in [0.1, 0.15) is 0 Å². The van der Waals surface area contributed by atoms with Gasteiger partial charge in [-0.15, -0.1) is 0 Å². The van der Waals surface area contributed by atoms with Crippen molar-refractivity contribution < 1.29 is 0 Å². The maximum atomic E-state index is 5.62. The number of nitrogens with zero attached hydrogens (tertiary/aromatic N) is 1. The molecule has 1 saturated heterocycles. The molecule has 104 valence electrons. The molecule has 2 nitrogen and oxygen atoms in total. The van der Waals surface area contributed by atoms with E-state index in [-0.39, 0.29) is 0 Å². The van der Waals surface area contributed by atoms with Crippen molar-refractivity contribution in [1.82, 2.24) is 4.90 Å². The highest BCUT2D eigenvalue weighted by molar-refractivity contribution is 7.80. The number of thiocarbonyl (C=S) groups is 1. The molecule has 1 aromatic rings. The van der Waals surface area contributed by atoms with Gasteiger partial charge in [0, 0.05) is 18.3 Å². The molecule has 1 atom stereocenters. The van der Waals surface area contributed by atoms with E-state index in [1.807, 2.05) is 0 Å². The van der Waals surface area contributed by atoms with Crippen molar-refractivity contribution in [3.05, 3.63) is 29.8 Å². The van der Waals surface area contributed by atoms with Gasteiger partial charge in [-0.3, -0.25) is 0 Å². The molecule has 1 aliphatic rings. The standard InChI is InChI=1S/C16H24N2S/c1-3-13-9-5-6-11-15(13)17-16(19)18-12-8-7-10-14(18)4-2/h5-6,9,11,14H,3-4,7-8,10,12H2,1-2H3,(H,17,19). The summed E-state index contributed by atoms with van der Waals surface area (Å²) in [7, 11) is 0. The van der Waals surface area contributed by atoms with Crippen LogP contribution in [0.3, 0.4) is 0 Å². The van der Waals surface area contributed by atoms with Crippen LogP contribution in [0.4, 0.5) is 5.69 Å². The predicted octanol–water partition coefficient (Wildman–Crippen LogP) is 4.21. The first-order chi connectivity index (χ1) is 9.26. The first kappa shape index (κ1) is 14.3. The van der Waals surface area contributed by atoms with Crippen molar-refractivity contribution >= 4 is 23.0 Å². The highest BCUT2D eigenvalue weighted by Crippen LogP contribution is 2.22. The molecular weight excluding hydrogens is 252 g/mol. The molecule has 3 heteroatoms. The molecule has 1 fully saturated rings. The number of rotatable bonds is 3. The summed E-state index contributed by atoms with van der Waals surface area (Å²) in [6, 6.07) is 9.05. The summed E-state index contributed by atoms with van der Waals surface area (Å²) in [5.41, 5.74) is 2.49. The number of hydrogen-bond donors (Lipinski definition) is 1. The molecule has 1 heterocycles. The molecule has 0 radical (unpaired) electrons. The van der Waals surface area contributed by atoms with Crippen LogP contribution in [0.5, 0.6) is 0 Å². The van der Waals surface area contributed by atoms with Crippen LogP contribution < -0.4 is 5.32 Å². The second-order valence-corrected chi connectivity index (χ2v) is 5.58. The number of hydrogen-bond acceptors (Lipinski definition) is 1. The van der Waals surface area contributed by atoms with E-state index in [0.29, 0.717) is 6.04 Å². The molecule has 0 amide bonds. The predicted molar refractivity (Wildman–Crippen MR) is 86.7 cm³/mol.